The van der Waals surface area contributed by atoms with E-state index in [9.17, 15) is 4.79 Å². The van der Waals surface area contributed by atoms with E-state index in [1.807, 2.05) is 22.9 Å². The van der Waals surface area contributed by atoms with E-state index in [1.54, 1.807) is 0 Å². The number of thiophene rings is 1. The van der Waals surface area contributed by atoms with E-state index in [2.05, 4.69) is 47.4 Å². The maximum absolute atomic E-state index is 12.3. The van der Waals surface area contributed by atoms with Crippen molar-refractivity contribution in [3.05, 3.63) is 52.3 Å². The highest BCUT2D eigenvalue weighted by molar-refractivity contribution is 7.08. The van der Waals surface area contributed by atoms with E-state index in [0.29, 0.717) is 11.5 Å². The molecular weight excluding hydrogens is 354 g/mol. The average molecular weight is 382 g/mol. The molecule has 1 aromatic carbocycles. The van der Waals surface area contributed by atoms with Gasteiger partial charge in [0.25, 0.3) is 5.91 Å². The van der Waals surface area contributed by atoms with Crippen LogP contribution >= 0.6 is 11.3 Å². The SMILES string of the molecule is CC(C)CN1CCC(c2c[nH]c3ccc(NC(=O)c4ccsc4)cc23)CC1. The summed E-state index contributed by atoms with van der Waals surface area (Å²) in [6.45, 7) is 8.11. The van der Waals surface area contributed by atoms with Gasteiger partial charge in [-0.05, 0) is 73.0 Å². The van der Waals surface area contributed by atoms with Gasteiger partial charge in [0.05, 0.1) is 5.56 Å². The maximum atomic E-state index is 12.3. The molecule has 1 saturated heterocycles. The molecule has 0 unspecified atom stereocenters. The number of amides is 1. The Morgan fingerprint density at radius 2 is 2.11 bits per heavy atom. The standard InChI is InChI=1S/C22H27N3OS/c1-15(2)13-25-8-5-16(6-9-25)20-12-23-21-4-3-18(11-19(20)21)24-22(26)17-7-10-27-14-17/h3-4,7,10-12,14-16,23H,5-6,8-9,13H2,1-2H3,(H,24,26). The van der Waals surface area contributed by atoms with E-state index < -0.39 is 0 Å². The number of hydrogen-bond donors (Lipinski definition) is 2. The molecule has 0 atom stereocenters. The van der Waals surface area contributed by atoms with Crippen molar-refractivity contribution in [2.75, 3.05) is 25.0 Å². The highest BCUT2D eigenvalue weighted by atomic mass is 32.1. The minimum Gasteiger partial charge on any atom is -0.361 e. The fourth-order valence-electron chi connectivity index (χ4n) is 4.10. The molecule has 2 aromatic heterocycles. The number of H-pyrrole nitrogens is 1. The second-order valence-electron chi connectivity index (χ2n) is 7.94. The number of aromatic nitrogens is 1. The lowest BCUT2D eigenvalue weighted by atomic mass is 9.89. The molecule has 3 heterocycles. The second-order valence-corrected chi connectivity index (χ2v) is 8.72. The summed E-state index contributed by atoms with van der Waals surface area (Å²) in [6.07, 6.45) is 4.56. The topological polar surface area (TPSA) is 48.1 Å². The molecule has 2 N–H and O–H groups in total. The van der Waals surface area contributed by atoms with Crippen molar-refractivity contribution in [3.63, 3.8) is 0 Å². The van der Waals surface area contributed by atoms with Crippen LogP contribution < -0.4 is 5.32 Å². The van der Waals surface area contributed by atoms with Crippen LogP contribution in [0.2, 0.25) is 0 Å². The van der Waals surface area contributed by atoms with Crippen LogP contribution in [0, 0.1) is 5.92 Å². The molecule has 27 heavy (non-hydrogen) atoms. The number of carbonyl (C=O) groups excluding carboxylic acids is 1. The molecular formula is C22H27N3OS. The molecule has 1 aliphatic heterocycles. The number of nitrogens with zero attached hydrogens (tertiary/aromatic N) is 1. The van der Waals surface area contributed by atoms with E-state index in [0.717, 1.165) is 17.1 Å². The van der Waals surface area contributed by atoms with Crippen LogP contribution in [0.5, 0.6) is 0 Å². The summed E-state index contributed by atoms with van der Waals surface area (Å²) in [5, 5.41) is 8.07. The largest absolute Gasteiger partial charge is 0.361 e. The molecule has 4 rings (SSSR count). The first-order valence-electron chi connectivity index (χ1n) is 9.77. The highest BCUT2D eigenvalue weighted by Gasteiger charge is 2.23. The second kappa shape index (κ2) is 7.87. The number of aromatic amines is 1. The van der Waals surface area contributed by atoms with Crippen molar-refractivity contribution in [2.24, 2.45) is 5.92 Å². The van der Waals surface area contributed by atoms with Gasteiger partial charge < -0.3 is 15.2 Å². The molecule has 1 amide bonds. The summed E-state index contributed by atoms with van der Waals surface area (Å²) in [6, 6.07) is 8.01. The molecule has 0 aliphatic carbocycles. The fraction of sp³-hybridized carbons (Fsp3) is 0.409. The lowest BCUT2D eigenvalue weighted by Crippen LogP contribution is -2.35. The Hall–Kier alpha value is -2.11. The molecule has 0 radical (unpaired) electrons. The first-order valence-corrected chi connectivity index (χ1v) is 10.7. The first kappa shape index (κ1) is 18.3. The highest BCUT2D eigenvalue weighted by Crippen LogP contribution is 2.34. The maximum Gasteiger partial charge on any atom is 0.256 e. The Morgan fingerprint density at radius 3 is 2.81 bits per heavy atom. The summed E-state index contributed by atoms with van der Waals surface area (Å²) in [5.41, 5.74) is 4.10. The van der Waals surface area contributed by atoms with Crippen molar-refractivity contribution in [2.45, 2.75) is 32.6 Å². The number of likely N-dealkylation sites (tertiary alicyclic amines) is 1. The molecule has 3 aromatic rings. The van der Waals surface area contributed by atoms with Gasteiger partial charge in [0.1, 0.15) is 0 Å². The van der Waals surface area contributed by atoms with E-state index in [-0.39, 0.29) is 5.91 Å². The van der Waals surface area contributed by atoms with E-state index >= 15 is 0 Å². The van der Waals surface area contributed by atoms with Gasteiger partial charge in [0, 0.05) is 34.7 Å². The number of benzene rings is 1. The van der Waals surface area contributed by atoms with Gasteiger partial charge in [0.15, 0.2) is 0 Å². The average Bonchev–Trinajstić information content (AvgIpc) is 3.32. The Labute approximate surface area is 164 Å². The van der Waals surface area contributed by atoms with Gasteiger partial charge in [-0.3, -0.25) is 4.79 Å². The van der Waals surface area contributed by atoms with Gasteiger partial charge in [0.2, 0.25) is 0 Å². The number of rotatable bonds is 5. The van der Waals surface area contributed by atoms with Crippen molar-refractivity contribution >= 4 is 33.8 Å². The molecule has 4 nitrogen and oxygen atoms in total. The smallest absolute Gasteiger partial charge is 0.256 e. The lowest BCUT2D eigenvalue weighted by molar-refractivity contribution is 0.102. The van der Waals surface area contributed by atoms with Gasteiger partial charge in [-0.1, -0.05) is 13.8 Å². The summed E-state index contributed by atoms with van der Waals surface area (Å²) in [5.74, 6) is 1.27. The third-order valence-corrected chi connectivity index (χ3v) is 6.09. The van der Waals surface area contributed by atoms with Crippen LogP contribution in [0.25, 0.3) is 10.9 Å². The normalized spacial score (nSPS) is 16.3. The molecule has 0 bridgehead atoms. The monoisotopic (exact) mass is 381 g/mol. The summed E-state index contributed by atoms with van der Waals surface area (Å²) in [4.78, 5) is 18.3. The quantitative estimate of drug-likeness (QED) is 0.628. The minimum atomic E-state index is -0.0466. The van der Waals surface area contributed by atoms with Gasteiger partial charge >= 0.3 is 0 Å². The zero-order valence-corrected chi connectivity index (χ0v) is 16.8. The van der Waals surface area contributed by atoms with Gasteiger partial charge in [-0.15, -0.1) is 0 Å². The summed E-state index contributed by atoms with van der Waals surface area (Å²) in [7, 11) is 0. The van der Waals surface area contributed by atoms with E-state index in [1.165, 1.54) is 54.8 Å². The Kier molecular flexibility index (Phi) is 5.32. The third kappa shape index (κ3) is 4.09. The predicted octanol–water partition coefficient (Wildman–Crippen LogP) is 5.32. The molecule has 1 aliphatic rings. The van der Waals surface area contributed by atoms with Gasteiger partial charge in [-0.2, -0.15) is 11.3 Å². The minimum absolute atomic E-state index is 0.0466. The number of piperidine rings is 1. The Balaban J connectivity index is 1.50. The predicted molar refractivity (Wildman–Crippen MR) is 114 cm³/mol. The molecule has 5 heteroatoms. The van der Waals surface area contributed by atoms with Crippen LogP contribution in [-0.4, -0.2) is 35.4 Å². The van der Waals surface area contributed by atoms with Crippen LogP contribution in [0.15, 0.2) is 41.2 Å². The Morgan fingerprint density at radius 1 is 1.30 bits per heavy atom. The third-order valence-electron chi connectivity index (χ3n) is 5.41. The summed E-state index contributed by atoms with van der Waals surface area (Å²) >= 11 is 1.54. The summed E-state index contributed by atoms with van der Waals surface area (Å²) < 4.78 is 0. The molecule has 142 valence electrons. The zero-order chi connectivity index (χ0) is 18.8. The zero-order valence-electron chi connectivity index (χ0n) is 16.0. The Bertz CT molecular complexity index is 905. The van der Waals surface area contributed by atoms with Gasteiger partial charge in [-0.25, -0.2) is 0 Å². The molecule has 1 fully saturated rings. The number of carbonyl (C=O) groups is 1. The first-order chi connectivity index (χ1) is 13.1. The van der Waals surface area contributed by atoms with Crippen LogP contribution in [0.3, 0.4) is 0 Å². The van der Waals surface area contributed by atoms with Crippen molar-refractivity contribution in [1.29, 1.82) is 0 Å². The van der Waals surface area contributed by atoms with Crippen LogP contribution in [0.1, 0.15) is 48.5 Å². The number of anilines is 1. The molecule has 0 spiro atoms. The molecule has 0 saturated carbocycles. The number of fused-ring (bicyclic) bond motifs is 1. The van der Waals surface area contributed by atoms with Crippen LogP contribution in [-0.2, 0) is 0 Å². The van der Waals surface area contributed by atoms with Crippen molar-refractivity contribution < 1.29 is 4.79 Å². The number of nitrogens with one attached hydrogen (secondary N) is 2. The van der Waals surface area contributed by atoms with Crippen molar-refractivity contribution in [3.8, 4) is 0 Å². The van der Waals surface area contributed by atoms with Crippen LogP contribution in [0.4, 0.5) is 5.69 Å². The fourth-order valence-corrected chi connectivity index (χ4v) is 4.73. The lowest BCUT2D eigenvalue weighted by Gasteiger charge is -2.33. The number of hydrogen-bond acceptors (Lipinski definition) is 3. The van der Waals surface area contributed by atoms with E-state index in [4.69, 9.17) is 0 Å². The van der Waals surface area contributed by atoms with Crippen molar-refractivity contribution in [1.82, 2.24) is 9.88 Å².